The Balaban J connectivity index is 1.34. The fourth-order valence-electron chi connectivity index (χ4n) is 3.37. The molecule has 3 nitrogen and oxygen atoms in total. The van der Waals surface area contributed by atoms with Crippen LogP contribution in [0, 0.1) is 6.92 Å². The van der Waals surface area contributed by atoms with Gasteiger partial charge in [0.25, 0.3) is 5.91 Å². The molecule has 0 aliphatic heterocycles. The maximum Gasteiger partial charge on any atom is 0.262 e. The molecule has 1 aliphatic carbocycles. The third-order valence-corrected chi connectivity index (χ3v) is 6.08. The van der Waals surface area contributed by atoms with Crippen molar-refractivity contribution in [3.8, 4) is 16.9 Å². The van der Waals surface area contributed by atoms with E-state index in [1.807, 2.05) is 42.5 Å². The number of aryl methyl sites for hydroxylation is 1. The van der Waals surface area contributed by atoms with Gasteiger partial charge in [-0.3, -0.25) is 4.79 Å². The predicted octanol–water partition coefficient (Wildman–Crippen LogP) is 5.23. The molecular weight excluding hydrogens is 342 g/mol. The highest BCUT2D eigenvalue weighted by Crippen LogP contribution is 2.38. The molecule has 0 saturated heterocycles. The standard InChI is InChI=1S/C22H21NO2S/c1-15-19-8-5-9-20(19)26-22(15)23-21(24)14-25-18-12-10-17(11-13-18)16-6-3-2-4-7-16/h2-4,6-7,10-13H,5,8-9,14H2,1H3,(H,23,24). The molecule has 1 aromatic heterocycles. The zero-order chi connectivity index (χ0) is 17.9. The van der Waals surface area contributed by atoms with Crippen LogP contribution in [0.1, 0.15) is 22.4 Å². The van der Waals surface area contributed by atoms with Gasteiger partial charge in [0.2, 0.25) is 0 Å². The molecule has 1 amide bonds. The highest BCUT2D eigenvalue weighted by atomic mass is 32.1. The molecule has 0 bridgehead atoms. The second kappa shape index (κ2) is 7.34. The number of hydrogen-bond acceptors (Lipinski definition) is 3. The van der Waals surface area contributed by atoms with E-state index >= 15 is 0 Å². The first-order valence-corrected chi connectivity index (χ1v) is 9.71. The van der Waals surface area contributed by atoms with E-state index in [0.29, 0.717) is 5.75 Å². The zero-order valence-electron chi connectivity index (χ0n) is 14.7. The van der Waals surface area contributed by atoms with Gasteiger partial charge in [0, 0.05) is 4.88 Å². The SMILES string of the molecule is Cc1c(NC(=O)COc2ccc(-c3ccccc3)cc2)sc2c1CCC2. The van der Waals surface area contributed by atoms with Gasteiger partial charge in [0.05, 0.1) is 5.00 Å². The van der Waals surface area contributed by atoms with Crippen molar-refractivity contribution in [2.75, 3.05) is 11.9 Å². The van der Waals surface area contributed by atoms with Crippen LogP contribution in [0.2, 0.25) is 0 Å². The number of carbonyl (C=O) groups excluding carboxylic acids is 1. The monoisotopic (exact) mass is 363 g/mol. The number of ether oxygens (including phenoxy) is 1. The first-order chi connectivity index (χ1) is 12.7. The third kappa shape index (κ3) is 3.51. The molecule has 0 spiro atoms. The molecular formula is C22H21NO2S. The molecule has 0 atom stereocenters. The smallest absolute Gasteiger partial charge is 0.262 e. The number of thiophene rings is 1. The summed E-state index contributed by atoms with van der Waals surface area (Å²) in [5.41, 5.74) is 4.95. The molecule has 1 aliphatic rings. The average molecular weight is 363 g/mol. The maximum absolute atomic E-state index is 12.2. The van der Waals surface area contributed by atoms with Crippen LogP contribution in [-0.4, -0.2) is 12.5 Å². The van der Waals surface area contributed by atoms with Gasteiger partial charge in [-0.05, 0) is 60.6 Å². The molecule has 0 saturated carbocycles. The Hall–Kier alpha value is -2.59. The van der Waals surface area contributed by atoms with Gasteiger partial charge in [-0.25, -0.2) is 0 Å². The van der Waals surface area contributed by atoms with E-state index < -0.39 is 0 Å². The van der Waals surface area contributed by atoms with Crippen molar-refractivity contribution in [1.82, 2.24) is 0 Å². The largest absolute Gasteiger partial charge is 0.484 e. The minimum Gasteiger partial charge on any atom is -0.484 e. The van der Waals surface area contributed by atoms with Crippen LogP contribution in [0.25, 0.3) is 11.1 Å². The first-order valence-electron chi connectivity index (χ1n) is 8.90. The molecule has 0 radical (unpaired) electrons. The van der Waals surface area contributed by atoms with E-state index in [-0.39, 0.29) is 12.5 Å². The van der Waals surface area contributed by atoms with E-state index in [2.05, 4.69) is 24.4 Å². The quantitative estimate of drug-likeness (QED) is 0.674. The molecule has 26 heavy (non-hydrogen) atoms. The Morgan fingerprint density at radius 1 is 1.04 bits per heavy atom. The minimum absolute atomic E-state index is 0.0205. The van der Waals surface area contributed by atoms with E-state index in [1.165, 1.54) is 22.4 Å². The summed E-state index contributed by atoms with van der Waals surface area (Å²) >= 11 is 1.71. The first kappa shape index (κ1) is 16.9. The number of anilines is 1. The van der Waals surface area contributed by atoms with Gasteiger partial charge in [0.1, 0.15) is 5.75 Å². The molecule has 1 N–H and O–H groups in total. The highest BCUT2D eigenvalue weighted by Gasteiger charge is 2.20. The summed E-state index contributed by atoms with van der Waals surface area (Å²) in [7, 11) is 0. The van der Waals surface area contributed by atoms with E-state index in [1.54, 1.807) is 11.3 Å². The van der Waals surface area contributed by atoms with Crippen LogP contribution in [0.3, 0.4) is 0 Å². The van der Waals surface area contributed by atoms with Gasteiger partial charge in [-0.1, -0.05) is 42.5 Å². The minimum atomic E-state index is -0.111. The van der Waals surface area contributed by atoms with Crippen molar-refractivity contribution in [3.63, 3.8) is 0 Å². The van der Waals surface area contributed by atoms with E-state index in [9.17, 15) is 4.79 Å². The van der Waals surface area contributed by atoms with Crippen LogP contribution in [-0.2, 0) is 17.6 Å². The molecule has 0 fully saturated rings. The van der Waals surface area contributed by atoms with Crippen molar-refractivity contribution < 1.29 is 9.53 Å². The van der Waals surface area contributed by atoms with Crippen LogP contribution < -0.4 is 10.1 Å². The summed E-state index contributed by atoms with van der Waals surface area (Å²) in [5.74, 6) is 0.588. The lowest BCUT2D eigenvalue weighted by atomic mass is 10.1. The summed E-state index contributed by atoms with van der Waals surface area (Å²) in [6.07, 6.45) is 3.51. The highest BCUT2D eigenvalue weighted by molar-refractivity contribution is 7.16. The topological polar surface area (TPSA) is 38.3 Å². The summed E-state index contributed by atoms with van der Waals surface area (Å²) in [5, 5.41) is 3.98. The lowest BCUT2D eigenvalue weighted by Crippen LogP contribution is -2.20. The van der Waals surface area contributed by atoms with Gasteiger partial charge >= 0.3 is 0 Å². The van der Waals surface area contributed by atoms with Gasteiger partial charge < -0.3 is 10.1 Å². The Labute approximate surface area is 157 Å². The Morgan fingerprint density at radius 3 is 2.50 bits per heavy atom. The molecule has 132 valence electrons. The summed E-state index contributed by atoms with van der Waals surface area (Å²) < 4.78 is 5.64. The predicted molar refractivity (Wildman–Crippen MR) is 107 cm³/mol. The summed E-state index contributed by atoms with van der Waals surface area (Å²) in [6.45, 7) is 2.12. The van der Waals surface area contributed by atoms with Crippen molar-refractivity contribution >= 4 is 22.2 Å². The van der Waals surface area contributed by atoms with Crippen LogP contribution >= 0.6 is 11.3 Å². The molecule has 0 unspecified atom stereocenters. The normalized spacial score (nSPS) is 12.7. The number of fused-ring (bicyclic) bond motifs is 1. The number of carbonyl (C=O) groups is 1. The third-order valence-electron chi connectivity index (χ3n) is 4.77. The molecule has 4 heteroatoms. The Kier molecular flexibility index (Phi) is 4.76. The summed E-state index contributed by atoms with van der Waals surface area (Å²) in [6, 6.07) is 18.0. The fraction of sp³-hybridized carbons (Fsp3) is 0.227. The molecule has 2 aromatic carbocycles. The second-order valence-electron chi connectivity index (χ2n) is 6.54. The van der Waals surface area contributed by atoms with Crippen molar-refractivity contribution in [1.29, 1.82) is 0 Å². The fourth-order valence-corrected chi connectivity index (χ4v) is 4.68. The number of hydrogen-bond donors (Lipinski definition) is 1. The summed E-state index contributed by atoms with van der Waals surface area (Å²) in [4.78, 5) is 13.7. The average Bonchev–Trinajstić information content (AvgIpc) is 3.25. The van der Waals surface area contributed by atoms with Crippen molar-refractivity contribution in [3.05, 3.63) is 70.6 Å². The van der Waals surface area contributed by atoms with Gasteiger partial charge in [-0.15, -0.1) is 11.3 Å². The molecule has 3 aromatic rings. The Bertz CT molecular complexity index is 913. The zero-order valence-corrected chi connectivity index (χ0v) is 15.6. The Morgan fingerprint density at radius 2 is 1.77 bits per heavy atom. The molecule has 1 heterocycles. The van der Waals surface area contributed by atoms with Gasteiger partial charge in [-0.2, -0.15) is 0 Å². The number of rotatable bonds is 5. The number of amides is 1. The van der Waals surface area contributed by atoms with Crippen LogP contribution in [0.15, 0.2) is 54.6 Å². The second-order valence-corrected chi connectivity index (χ2v) is 7.64. The lowest BCUT2D eigenvalue weighted by Gasteiger charge is -2.08. The van der Waals surface area contributed by atoms with Crippen molar-refractivity contribution in [2.24, 2.45) is 0 Å². The lowest BCUT2D eigenvalue weighted by molar-refractivity contribution is -0.118. The number of benzene rings is 2. The number of nitrogens with one attached hydrogen (secondary N) is 1. The van der Waals surface area contributed by atoms with Gasteiger partial charge in [0.15, 0.2) is 6.61 Å². The van der Waals surface area contributed by atoms with Crippen LogP contribution in [0.5, 0.6) is 5.75 Å². The van der Waals surface area contributed by atoms with Crippen molar-refractivity contribution in [2.45, 2.75) is 26.2 Å². The van der Waals surface area contributed by atoms with Crippen LogP contribution in [0.4, 0.5) is 5.00 Å². The van der Waals surface area contributed by atoms with E-state index in [0.717, 1.165) is 29.0 Å². The molecule has 4 rings (SSSR count). The maximum atomic E-state index is 12.2. The van der Waals surface area contributed by atoms with E-state index in [4.69, 9.17) is 4.74 Å².